The van der Waals surface area contributed by atoms with Gasteiger partial charge in [0.1, 0.15) is 5.82 Å². The number of hydrogen-bond acceptors (Lipinski definition) is 3. The molecule has 0 radical (unpaired) electrons. The Morgan fingerprint density at radius 1 is 1.38 bits per heavy atom. The van der Waals surface area contributed by atoms with Crippen molar-refractivity contribution in [3.8, 4) is 0 Å². The Bertz CT molecular complexity index is 532. The highest BCUT2D eigenvalue weighted by Crippen LogP contribution is 2.32. The molecule has 1 atom stereocenters. The molecule has 6 heteroatoms. The van der Waals surface area contributed by atoms with E-state index in [2.05, 4.69) is 5.32 Å². The van der Waals surface area contributed by atoms with E-state index in [0.29, 0.717) is 26.1 Å². The summed E-state index contributed by atoms with van der Waals surface area (Å²) in [6.07, 6.45) is 2.68. The number of carbonyl (C=O) groups is 1. The Labute approximate surface area is 129 Å². The van der Waals surface area contributed by atoms with Crippen LogP contribution in [0.5, 0.6) is 0 Å². The fourth-order valence-electron chi connectivity index (χ4n) is 3.00. The van der Waals surface area contributed by atoms with Crippen molar-refractivity contribution >= 4 is 18.3 Å². The number of carbonyl (C=O) groups excluding carboxylic acids is 1. The van der Waals surface area contributed by atoms with Crippen LogP contribution in [0.25, 0.3) is 0 Å². The van der Waals surface area contributed by atoms with Gasteiger partial charge in [-0.3, -0.25) is 4.79 Å². The number of rotatable bonds is 2. The summed E-state index contributed by atoms with van der Waals surface area (Å²) >= 11 is 0. The molecule has 116 valence electrons. The average Bonchev–Trinajstić information content (AvgIpc) is 2.82. The van der Waals surface area contributed by atoms with E-state index in [4.69, 9.17) is 10.5 Å². The van der Waals surface area contributed by atoms with Crippen molar-refractivity contribution in [2.45, 2.75) is 37.3 Å². The number of amides is 1. The van der Waals surface area contributed by atoms with Gasteiger partial charge in [0.05, 0.1) is 11.6 Å². The molecule has 4 nitrogen and oxygen atoms in total. The lowest BCUT2D eigenvalue weighted by molar-refractivity contribution is -0.130. The van der Waals surface area contributed by atoms with Gasteiger partial charge in [0.15, 0.2) is 0 Å². The van der Waals surface area contributed by atoms with Crippen LogP contribution in [-0.4, -0.2) is 24.7 Å². The van der Waals surface area contributed by atoms with Gasteiger partial charge in [-0.1, -0.05) is 6.07 Å². The van der Waals surface area contributed by atoms with Crippen molar-refractivity contribution in [2.24, 2.45) is 5.73 Å². The van der Waals surface area contributed by atoms with Crippen LogP contribution in [0.4, 0.5) is 4.39 Å². The van der Waals surface area contributed by atoms with Gasteiger partial charge < -0.3 is 15.8 Å². The molecule has 1 aliphatic heterocycles. The lowest BCUT2D eigenvalue weighted by Gasteiger charge is -2.33. The van der Waals surface area contributed by atoms with E-state index in [1.807, 2.05) is 0 Å². The molecule has 3 rings (SSSR count). The van der Waals surface area contributed by atoms with E-state index < -0.39 is 5.54 Å². The Kier molecular flexibility index (Phi) is 4.86. The van der Waals surface area contributed by atoms with E-state index in [0.717, 1.165) is 24.0 Å². The Hall–Kier alpha value is -1.17. The number of ether oxygens (including phenoxy) is 1. The first-order chi connectivity index (χ1) is 9.58. The SMILES string of the molecule is Cl.NC1(C(=O)NC2CCc3cc(F)ccc32)CCOCC1. The van der Waals surface area contributed by atoms with Gasteiger partial charge in [-0.25, -0.2) is 4.39 Å². The van der Waals surface area contributed by atoms with Crippen molar-refractivity contribution in [2.75, 3.05) is 13.2 Å². The van der Waals surface area contributed by atoms with Crippen LogP contribution in [0.2, 0.25) is 0 Å². The minimum Gasteiger partial charge on any atom is -0.381 e. The lowest BCUT2D eigenvalue weighted by Crippen LogP contribution is -2.57. The summed E-state index contributed by atoms with van der Waals surface area (Å²) in [6.45, 7) is 1.05. The molecule has 0 saturated carbocycles. The van der Waals surface area contributed by atoms with Crippen molar-refractivity contribution in [3.63, 3.8) is 0 Å². The second-order valence-electron chi connectivity index (χ2n) is 5.68. The van der Waals surface area contributed by atoms with Crippen molar-refractivity contribution < 1.29 is 13.9 Å². The van der Waals surface area contributed by atoms with Crippen LogP contribution in [0.1, 0.15) is 36.4 Å². The molecule has 3 N–H and O–H groups in total. The van der Waals surface area contributed by atoms with E-state index >= 15 is 0 Å². The highest BCUT2D eigenvalue weighted by atomic mass is 35.5. The first-order valence-electron chi connectivity index (χ1n) is 7.04. The number of nitrogens with two attached hydrogens (primary N) is 1. The molecule has 1 fully saturated rings. The smallest absolute Gasteiger partial charge is 0.240 e. The highest BCUT2D eigenvalue weighted by Gasteiger charge is 2.37. The van der Waals surface area contributed by atoms with Crippen LogP contribution in [0.15, 0.2) is 18.2 Å². The van der Waals surface area contributed by atoms with Gasteiger partial charge >= 0.3 is 0 Å². The van der Waals surface area contributed by atoms with Gasteiger partial charge in [0, 0.05) is 13.2 Å². The monoisotopic (exact) mass is 314 g/mol. The Balaban J connectivity index is 0.00000161. The Morgan fingerprint density at radius 3 is 2.81 bits per heavy atom. The Morgan fingerprint density at radius 2 is 2.10 bits per heavy atom. The van der Waals surface area contributed by atoms with Crippen LogP contribution in [-0.2, 0) is 16.0 Å². The number of aryl methyl sites for hydroxylation is 1. The number of benzene rings is 1. The molecule has 0 spiro atoms. The molecule has 1 aromatic carbocycles. The highest BCUT2D eigenvalue weighted by molar-refractivity contribution is 5.86. The number of fused-ring (bicyclic) bond motifs is 1. The molecule has 1 aliphatic carbocycles. The number of hydrogen-bond donors (Lipinski definition) is 2. The van der Waals surface area contributed by atoms with Crippen molar-refractivity contribution in [1.82, 2.24) is 5.32 Å². The quantitative estimate of drug-likeness (QED) is 0.876. The van der Waals surface area contributed by atoms with Crippen molar-refractivity contribution in [3.05, 3.63) is 35.1 Å². The molecular weight excluding hydrogens is 295 g/mol. The van der Waals surface area contributed by atoms with E-state index in [9.17, 15) is 9.18 Å². The normalized spacial score (nSPS) is 23.0. The molecule has 1 heterocycles. The maximum atomic E-state index is 13.2. The molecule has 1 saturated heterocycles. The maximum absolute atomic E-state index is 13.2. The zero-order chi connectivity index (χ0) is 14.2. The van der Waals surface area contributed by atoms with Gasteiger partial charge in [-0.15, -0.1) is 12.4 Å². The minimum absolute atomic E-state index is 0. The fraction of sp³-hybridized carbons (Fsp3) is 0.533. The van der Waals surface area contributed by atoms with E-state index in [1.54, 1.807) is 12.1 Å². The molecule has 1 unspecified atom stereocenters. The lowest BCUT2D eigenvalue weighted by atomic mass is 9.90. The maximum Gasteiger partial charge on any atom is 0.240 e. The molecule has 1 amide bonds. The third-order valence-corrected chi connectivity index (χ3v) is 4.33. The second-order valence-corrected chi connectivity index (χ2v) is 5.68. The predicted molar refractivity (Wildman–Crippen MR) is 79.8 cm³/mol. The van der Waals surface area contributed by atoms with Crippen molar-refractivity contribution in [1.29, 1.82) is 0 Å². The number of nitrogens with one attached hydrogen (secondary N) is 1. The molecule has 1 aromatic rings. The summed E-state index contributed by atoms with van der Waals surface area (Å²) in [5, 5.41) is 3.02. The minimum atomic E-state index is -0.832. The third kappa shape index (κ3) is 3.20. The zero-order valence-electron chi connectivity index (χ0n) is 11.7. The van der Waals surface area contributed by atoms with Gasteiger partial charge in [-0.05, 0) is 48.9 Å². The summed E-state index contributed by atoms with van der Waals surface area (Å²) in [6, 6.07) is 4.70. The summed E-state index contributed by atoms with van der Waals surface area (Å²) in [4.78, 5) is 12.4. The molecular formula is C15H20ClFN2O2. The van der Waals surface area contributed by atoms with Gasteiger partial charge in [-0.2, -0.15) is 0 Å². The fourth-order valence-corrected chi connectivity index (χ4v) is 3.00. The predicted octanol–water partition coefficient (Wildman–Crippen LogP) is 1.86. The first kappa shape index (κ1) is 16.2. The summed E-state index contributed by atoms with van der Waals surface area (Å²) in [5.74, 6) is -0.349. The molecule has 2 aliphatic rings. The second kappa shape index (κ2) is 6.30. The summed E-state index contributed by atoms with van der Waals surface area (Å²) < 4.78 is 18.4. The van der Waals surface area contributed by atoms with E-state index in [1.165, 1.54) is 6.07 Å². The third-order valence-electron chi connectivity index (χ3n) is 4.33. The van der Waals surface area contributed by atoms with Crippen LogP contribution in [0.3, 0.4) is 0 Å². The van der Waals surface area contributed by atoms with Gasteiger partial charge in [0.2, 0.25) is 5.91 Å². The number of halogens is 2. The molecule has 21 heavy (non-hydrogen) atoms. The standard InChI is InChI=1S/C15H19FN2O2.ClH/c16-11-2-3-12-10(9-11)1-4-13(12)18-14(19)15(17)5-7-20-8-6-15;/h2-3,9,13H,1,4-8,17H2,(H,18,19);1H. The topological polar surface area (TPSA) is 64.4 Å². The van der Waals surface area contributed by atoms with Crippen LogP contribution < -0.4 is 11.1 Å². The first-order valence-corrected chi connectivity index (χ1v) is 7.04. The van der Waals surface area contributed by atoms with Crippen LogP contribution in [0, 0.1) is 5.82 Å². The van der Waals surface area contributed by atoms with E-state index in [-0.39, 0.29) is 30.2 Å². The largest absolute Gasteiger partial charge is 0.381 e. The molecule has 0 aromatic heterocycles. The van der Waals surface area contributed by atoms with Gasteiger partial charge in [0.25, 0.3) is 0 Å². The van der Waals surface area contributed by atoms with Crippen LogP contribution >= 0.6 is 12.4 Å². The average molecular weight is 315 g/mol. The zero-order valence-corrected chi connectivity index (χ0v) is 12.5. The molecule has 0 bridgehead atoms. The summed E-state index contributed by atoms with van der Waals surface area (Å²) in [5.41, 5.74) is 7.33. The summed E-state index contributed by atoms with van der Waals surface area (Å²) in [7, 11) is 0.